The van der Waals surface area contributed by atoms with E-state index >= 15 is 0 Å². The molecule has 0 aliphatic carbocycles. The van der Waals surface area contributed by atoms with E-state index in [2.05, 4.69) is 31.0 Å². The van der Waals surface area contributed by atoms with Gasteiger partial charge in [0.15, 0.2) is 5.82 Å². The van der Waals surface area contributed by atoms with Gasteiger partial charge in [-0.1, -0.05) is 0 Å². The fraction of sp³-hybridized carbons (Fsp3) is 0.231. The van der Waals surface area contributed by atoms with Crippen LogP contribution in [0.15, 0.2) is 10.8 Å². The minimum atomic E-state index is -0.948. The van der Waals surface area contributed by atoms with Crippen LogP contribution >= 0.6 is 27.3 Å². The van der Waals surface area contributed by atoms with Gasteiger partial charge in [-0.25, -0.2) is 19.4 Å². The summed E-state index contributed by atoms with van der Waals surface area (Å²) in [4.78, 5) is 20.7. The molecule has 6 nitrogen and oxygen atoms in total. The molecule has 3 aromatic rings. The normalized spacial score (nSPS) is 11.2. The predicted molar refractivity (Wildman–Crippen MR) is 83.4 cm³/mol. The standard InChI is InChI=1S/C13H11BrN4O2S/c1-5-8-11(18-7(3)9(14)6(2)17-18)15-4-16-12(8)21-10(5)13(19)20/h4H,1-3H3,(H,19,20). The first kappa shape index (κ1) is 14.2. The molecular weight excluding hydrogens is 356 g/mol. The van der Waals surface area contributed by atoms with Crippen LogP contribution in [0.4, 0.5) is 0 Å². The summed E-state index contributed by atoms with van der Waals surface area (Å²) in [5, 5.41) is 14.5. The number of carboxylic acid groups (broad SMARTS) is 1. The first-order chi connectivity index (χ1) is 9.91. The van der Waals surface area contributed by atoms with E-state index in [0.717, 1.165) is 32.6 Å². The highest BCUT2D eigenvalue weighted by Crippen LogP contribution is 2.33. The molecule has 0 aliphatic heterocycles. The number of thiophene rings is 1. The van der Waals surface area contributed by atoms with Crippen molar-refractivity contribution in [1.82, 2.24) is 19.7 Å². The van der Waals surface area contributed by atoms with E-state index in [1.807, 2.05) is 13.8 Å². The molecule has 0 saturated heterocycles. The van der Waals surface area contributed by atoms with Crippen molar-refractivity contribution in [1.29, 1.82) is 0 Å². The van der Waals surface area contributed by atoms with Crippen LogP contribution in [0.2, 0.25) is 0 Å². The van der Waals surface area contributed by atoms with Crippen LogP contribution in [0.5, 0.6) is 0 Å². The van der Waals surface area contributed by atoms with Crippen LogP contribution < -0.4 is 0 Å². The van der Waals surface area contributed by atoms with Gasteiger partial charge in [0.2, 0.25) is 0 Å². The Morgan fingerprint density at radius 1 is 1.33 bits per heavy atom. The van der Waals surface area contributed by atoms with E-state index < -0.39 is 5.97 Å². The van der Waals surface area contributed by atoms with Gasteiger partial charge in [0.05, 0.1) is 21.2 Å². The maximum Gasteiger partial charge on any atom is 0.346 e. The fourth-order valence-electron chi connectivity index (χ4n) is 2.25. The number of nitrogens with zero attached hydrogens (tertiary/aromatic N) is 4. The van der Waals surface area contributed by atoms with Crippen LogP contribution in [-0.4, -0.2) is 30.8 Å². The molecule has 0 fully saturated rings. The van der Waals surface area contributed by atoms with Gasteiger partial charge in [0.25, 0.3) is 0 Å². The first-order valence-corrected chi connectivity index (χ1v) is 7.72. The molecule has 108 valence electrons. The lowest BCUT2D eigenvalue weighted by atomic mass is 10.2. The molecule has 0 bridgehead atoms. The molecular formula is C13H11BrN4O2S. The zero-order valence-electron chi connectivity index (χ0n) is 11.5. The Hall–Kier alpha value is -1.80. The minimum absolute atomic E-state index is 0.285. The van der Waals surface area contributed by atoms with Crippen molar-refractivity contribution < 1.29 is 9.90 Å². The Bertz CT molecular complexity index is 884. The van der Waals surface area contributed by atoms with Crippen molar-refractivity contribution in [3.8, 4) is 5.82 Å². The maximum absolute atomic E-state index is 11.3. The van der Waals surface area contributed by atoms with E-state index in [4.69, 9.17) is 0 Å². The van der Waals surface area contributed by atoms with Crippen molar-refractivity contribution in [2.45, 2.75) is 20.8 Å². The lowest BCUT2D eigenvalue weighted by Gasteiger charge is -2.05. The lowest BCUT2D eigenvalue weighted by molar-refractivity contribution is 0.0701. The van der Waals surface area contributed by atoms with E-state index in [1.165, 1.54) is 6.33 Å². The number of aromatic carboxylic acids is 1. The van der Waals surface area contributed by atoms with E-state index in [1.54, 1.807) is 11.6 Å². The first-order valence-electron chi connectivity index (χ1n) is 6.11. The summed E-state index contributed by atoms with van der Waals surface area (Å²) in [5.74, 6) is -0.344. The number of aryl methyl sites for hydroxylation is 2. The van der Waals surface area contributed by atoms with Crippen molar-refractivity contribution in [3.05, 3.63) is 32.6 Å². The van der Waals surface area contributed by atoms with Gasteiger partial charge in [-0.3, -0.25) is 0 Å². The van der Waals surface area contributed by atoms with Crippen molar-refractivity contribution in [3.63, 3.8) is 0 Å². The lowest BCUT2D eigenvalue weighted by Crippen LogP contribution is -2.04. The quantitative estimate of drug-likeness (QED) is 0.752. The maximum atomic E-state index is 11.3. The van der Waals surface area contributed by atoms with E-state index in [0.29, 0.717) is 16.2 Å². The third-order valence-electron chi connectivity index (χ3n) is 3.30. The summed E-state index contributed by atoms with van der Waals surface area (Å²) < 4.78 is 2.63. The Kier molecular flexibility index (Phi) is 3.29. The number of hydrogen-bond acceptors (Lipinski definition) is 5. The molecule has 0 saturated carbocycles. The largest absolute Gasteiger partial charge is 0.477 e. The van der Waals surface area contributed by atoms with Crippen LogP contribution in [-0.2, 0) is 0 Å². The van der Waals surface area contributed by atoms with Gasteiger partial charge in [-0.2, -0.15) is 5.10 Å². The molecule has 3 rings (SSSR count). The molecule has 0 radical (unpaired) electrons. The molecule has 0 atom stereocenters. The number of aromatic nitrogens is 4. The highest BCUT2D eigenvalue weighted by atomic mass is 79.9. The SMILES string of the molecule is Cc1nn(-c2ncnc3sc(C(=O)O)c(C)c23)c(C)c1Br. The van der Waals surface area contributed by atoms with Gasteiger partial charge >= 0.3 is 5.97 Å². The molecule has 0 amide bonds. The average molecular weight is 367 g/mol. The third-order valence-corrected chi connectivity index (χ3v) is 5.64. The number of carbonyl (C=O) groups is 1. The molecule has 1 N–H and O–H groups in total. The van der Waals surface area contributed by atoms with Gasteiger partial charge < -0.3 is 5.11 Å². The second-order valence-corrected chi connectivity index (χ2v) is 6.43. The van der Waals surface area contributed by atoms with Crippen LogP contribution in [0.1, 0.15) is 26.6 Å². The van der Waals surface area contributed by atoms with Gasteiger partial charge in [-0.15, -0.1) is 11.3 Å². The zero-order chi connectivity index (χ0) is 15.3. The smallest absolute Gasteiger partial charge is 0.346 e. The number of fused-ring (bicyclic) bond motifs is 1. The highest BCUT2D eigenvalue weighted by Gasteiger charge is 2.21. The number of hydrogen-bond donors (Lipinski definition) is 1. The highest BCUT2D eigenvalue weighted by molar-refractivity contribution is 9.10. The van der Waals surface area contributed by atoms with Crippen molar-refractivity contribution in [2.24, 2.45) is 0 Å². The molecule has 8 heteroatoms. The minimum Gasteiger partial charge on any atom is -0.477 e. The van der Waals surface area contributed by atoms with E-state index in [-0.39, 0.29) is 4.88 Å². The molecule has 0 aliphatic rings. The Balaban J connectivity index is 2.38. The van der Waals surface area contributed by atoms with Crippen LogP contribution in [0.25, 0.3) is 16.0 Å². The summed E-state index contributed by atoms with van der Waals surface area (Å²) in [5.41, 5.74) is 2.43. The molecule has 0 aromatic carbocycles. The van der Waals surface area contributed by atoms with Gasteiger partial charge in [-0.05, 0) is 42.3 Å². The summed E-state index contributed by atoms with van der Waals surface area (Å²) in [6, 6.07) is 0. The number of carboxylic acids is 1. The Morgan fingerprint density at radius 2 is 2.05 bits per heavy atom. The molecule has 0 unspecified atom stereocenters. The topological polar surface area (TPSA) is 80.9 Å². The van der Waals surface area contributed by atoms with Crippen molar-refractivity contribution in [2.75, 3.05) is 0 Å². The molecule has 21 heavy (non-hydrogen) atoms. The van der Waals surface area contributed by atoms with Crippen molar-refractivity contribution >= 4 is 43.5 Å². The predicted octanol–water partition coefficient (Wildman–Crippen LogP) is 3.26. The van der Waals surface area contributed by atoms with E-state index in [9.17, 15) is 9.90 Å². The number of rotatable bonds is 2. The monoisotopic (exact) mass is 366 g/mol. The summed E-state index contributed by atoms with van der Waals surface area (Å²) in [6.45, 7) is 5.60. The van der Waals surface area contributed by atoms with Gasteiger partial charge in [0.1, 0.15) is 16.0 Å². The molecule has 3 heterocycles. The molecule has 3 aromatic heterocycles. The third kappa shape index (κ3) is 2.06. The summed E-state index contributed by atoms with van der Waals surface area (Å²) >= 11 is 4.64. The van der Waals surface area contributed by atoms with Gasteiger partial charge in [0, 0.05) is 0 Å². The number of halogens is 1. The molecule has 0 spiro atoms. The average Bonchev–Trinajstić information content (AvgIpc) is 2.92. The fourth-order valence-corrected chi connectivity index (χ4v) is 3.48. The second kappa shape index (κ2) is 4.88. The summed E-state index contributed by atoms with van der Waals surface area (Å²) in [7, 11) is 0. The zero-order valence-corrected chi connectivity index (χ0v) is 13.9. The Morgan fingerprint density at radius 3 is 2.62 bits per heavy atom. The van der Waals surface area contributed by atoms with Crippen LogP contribution in [0.3, 0.4) is 0 Å². The second-order valence-electron chi connectivity index (χ2n) is 4.64. The summed E-state index contributed by atoms with van der Waals surface area (Å²) in [6.07, 6.45) is 1.43. The van der Waals surface area contributed by atoms with Crippen LogP contribution in [0, 0.1) is 20.8 Å². The Labute approximate surface area is 132 Å².